The molecule has 0 aliphatic rings. The molecule has 1 aromatic rings. The normalized spacial score (nSPS) is 9.83. The molecule has 0 fully saturated rings. The maximum absolute atomic E-state index is 12.0. The van der Waals surface area contributed by atoms with Crippen LogP contribution in [0.1, 0.15) is 48.4 Å². The summed E-state index contributed by atoms with van der Waals surface area (Å²) in [6.45, 7) is 5.65. The molecule has 0 spiro atoms. The molecule has 1 aromatic carbocycles. The molecule has 24 heavy (non-hydrogen) atoms. The molecular weight excluding hydrogens is 320 g/mol. The van der Waals surface area contributed by atoms with Crippen molar-refractivity contribution in [1.29, 1.82) is 0 Å². The van der Waals surface area contributed by atoms with Gasteiger partial charge in [-0.05, 0) is 13.8 Å². The first kappa shape index (κ1) is 19.1. The predicted molar refractivity (Wildman–Crippen MR) is 81.0 cm³/mol. The van der Waals surface area contributed by atoms with Gasteiger partial charge < -0.3 is 18.9 Å². The number of esters is 4. The van der Waals surface area contributed by atoms with Crippen LogP contribution in [0.4, 0.5) is 0 Å². The van der Waals surface area contributed by atoms with Crippen molar-refractivity contribution < 1.29 is 38.1 Å². The van der Waals surface area contributed by atoms with Crippen LogP contribution in [0, 0.1) is 0 Å². The highest BCUT2D eigenvalue weighted by molar-refractivity contribution is 5.99. The smallest absolute Gasteiger partial charge is 0.342 e. The van der Waals surface area contributed by atoms with Crippen molar-refractivity contribution >= 4 is 23.9 Å². The largest absolute Gasteiger partial charge is 0.462 e. The zero-order valence-electron chi connectivity index (χ0n) is 13.8. The van der Waals surface area contributed by atoms with Gasteiger partial charge in [-0.25, -0.2) is 9.59 Å². The van der Waals surface area contributed by atoms with E-state index in [1.54, 1.807) is 13.8 Å². The second-order valence-electron chi connectivity index (χ2n) is 4.47. The minimum absolute atomic E-state index is 0.0842. The Morgan fingerprint density at radius 2 is 1.08 bits per heavy atom. The fourth-order valence-corrected chi connectivity index (χ4v) is 1.78. The summed E-state index contributed by atoms with van der Waals surface area (Å²) in [6.07, 6.45) is 0. The average molecular weight is 338 g/mol. The maximum atomic E-state index is 12.0. The average Bonchev–Trinajstić information content (AvgIpc) is 2.47. The lowest BCUT2D eigenvalue weighted by molar-refractivity contribution is -0.133. The van der Waals surface area contributed by atoms with Gasteiger partial charge in [0.2, 0.25) is 0 Å². The molecule has 0 amide bonds. The van der Waals surface area contributed by atoms with Crippen molar-refractivity contribution in [3.8, 4) is 11.5 Å². The van der Waals surface area contributed by atoms with E-state index < -0.39 is 23.9 Å². The van der Waals surface area contributed by atoms with Crippen molar-refractivity contribution in [1.82, 2.24) is 0 Å². The minimum Gasteiger partial charge on any atom is -0.462 e. The summed E-state index contributed by atoms with van der Waals surface area (Å²) in [6, 6.07) is 2.20. The Hall–Kier alpha value is -2.90. The first-order valence-corrected chi connectivity index (χ1v) is 7.19. The van der Waals surface area contributed by atoms with Crippen molar-refractivity contribution in [3.63, 3.8) is 0 Å². The predicted octanol–water partition coefficient (Wildman–Crippen LogP) is 1.89. The monoisotopic (exact) mass is 338 g/mol. The quantitative estimate of drug-likeness (QED) is 0.572. The molecule has 0 bridgehead atoms. The molecule has 0 aromatic heterocycles. The Morgan fingerprint density at radius 3 is 1.33 bits per heavy atom. The zero-order chi connectivity index (χ0) is 18.3. The molecule has 0 saturated heterocycles. The van der Waals surface area contributed by atoms with Crippen LogP contribution in [0.2, 0.25) is 0 Å². The second-order valence-corrected chi connectivity index (χ2v) is 4.47. The lowest BCUT2D eigenvalue weighted by atomic mass is 10.1. The number of hydrogen-bond donors (Lipinski definition) is 0. The van der Waals surface area contributed by atoms with E-state index in [1.165, 1.54) is 0 Å². The number of hydrogen-bond acceptors (Lipinski definition) is 8. The van der Waals surface area contributed by atoms with Crippen molar-refractivity contribution in [2.45, 2.75) is 27.7 Å². The molecule has 0 aliphatic carbocycles. The molecule has 0 saturated carbocycles. The summed E-state index contributed by atoms with van der Waals surface area (Å²) in [5, 5.41) is 0. The molecule has 130 valence electrons. The van der Waals surface area contributed by atoms with E-state index in [0.717, 1.165) is 26.0 Å². The fraction of sp³-hybridized carbons (Fsp3) is 0.375. The van der Waals surface area contributed by atoms with Crippen molar-refractivity contribution in [2.24, 2.45) is 0 Å². The first-order valence-electron chi connectivity index (χ1n) is 7.19. The van der Waals surface area contributed by atoms with Crippen LogP contribution in [-0.4, -0.2) is 37.1 Å². The Balaban J connectivity index is 3.51. The number of ether oxygens (including phenoxy) is 4. The van der Waals surface area contributed by atoms with Crippen LogP contribution in [0.3, 0.4) is 0 Å². The van der Waals surface area contributed by atoms with Crippen LogP contribution in [0.25, 0.3) is 0 Å². The van der Waals surface area contributed by atoms with Crippen LogP contribution in [0.5, 0.6) is 11.5 Å². The highest BCUT2D eigenvalue weighted by Crippen LogP contribution is 2.31. The van der Waals surface area contributed by atoms with E-state index in [2.05, 4.69) is 0 Å². The lowest BCUT2D eigenvalue weighted by Crippen LogP contribution is -2.15. The van der Waals surface area contributed by atoms with Gasteiger partial charge >= 0.3 is 23.9 Å². The topological polar surface area (TPSA) is 105 Å². The summed E-state index contributed by atoms with van der Waals surface area (Å²) in [5.41, 5.74) is -0.312. The van der Waals surface area contributed by atoms with Crippen LogP contribution >= 0.6 is 0 Å². The van der Waals surface area contributed by atoms with Gasteiger partial charge in [-0.2, -0.15) is 0 Å². The summed E-state index contributed by atoms with van der Waals surface area (Å²) in [4.78, 5) is 46.5. The van der Waals surface area contributed by atoms with Gasteiger partial charge in [0.1, 0.15) is 22.6 Å². The molecule has 8 nitrogen and oxygen atoms in total. The first-order chi connectivity index (χ1) is 11.3. The Bertz CT molecular complexity index is 605. The van der Waals surface area contributed by atoms with E-state index >= 15 is 0 Å². The molecule has 0 atom stereocenters. The zero-order valence-corrected chi connectivity index (χ0v) is 13.8. The summed E-state index contributed by atoms with van der Waals surface area (Å²) >= 11 is 0. The van der Waals surface area contributed by atoms with Crippen LogP contribution in [-0.2, 0) is 19.1 Å². The third-order valence-corrected chi connectivity index (χ3v) is 2.58. The number of carbonyl (C=O) groups excluding carboxylic acids is 4. The second kappa shape index (κ2) is 8.66. The standard InChI is InChI=1S/C16H18O8/c1-5-21-15(19)11-7-14(24-10(4)18)12(16(20)22-6-2)8-13(11)23-9(3)17/h7-8H,5-6H2,1-4H3. The van der Waals surface area contributed by atoms with Gasteiger partial charge in [0.15, 0.2) is 0 Å². The Labute approximate surface area is 138 Å². The van der Waals surface area contributed by atoms with Gasteiger partial charge in [0.25, 0.3) is 0 Å². The molecule has 8 heteroatoms. The molecule has 0 N–H and O–H groups in total. The molecule has 0 unspecified atom stereocenters. The van der Waals surface area contributed by atoms with Crippen molar-refractivity contribution in [2.75, 3.05) is 13.2 Å². The number of benzene rings is 1. The van der Waals surface area contributed by atoms with Gasteiger partial charge in [-0.3, -0.25) is 9.59 Å². The van der Waals surface area contributed by atoms with E-state index in [0.29, 0.717) is 0 Å². The molecule has 0 radical (unpaired) electrons. The number of rotatable bonds is 6. The fourth-order valence-electron chi connectivity index (χ4n) is 1.78. The van der Waals surface area contributed by atoms with Crippen molar-refractivity contribution in [3.05, 3.63) is 23.3 Å². The van der Waals surface area contributed by atoms with Gasteiger partial charge in [0.05, 0.1) is 13.2 Å². The molecule has 0 aliphatic heterocycles. The molecule has 1 rings (SSSR count). The highest BCUT2D eigenvalue weighted by Gasteiger charge is 2.24. The van der Waals surface area contributed by atoms with E-state index in [1.807, 2.05) is 0 Å². The van der Waals surface area contributed by atoms with E-state index in [9.17, 15) is 19.2 Å². The van der Waals surface area contributed by atoms with E-state index in [-0.39, 0.29) is 35.8 Å². The van der Waals surface area contributed by atoms with Gasteiger partial charge in [-0.1, -0.05) is 0 Å². The maximum Gasteiger partial charge on any atom is 0.342 e. The van der Waals surface area contributed by atoms with E-state index in [4.69, 9.17) is 18.9 Å². The molecule has 0 heterocycles. The lowest BCUT2D eigenvalue weighted by Gasteiger charge is -2.14. The minimum atomic E-state index is -0.794. The third kappa shape index (κ3) is 5.08. The van der Waals surface area contributed by atoms with Crippen LogP contribution in [0.15, 0.2) is 12.1 Å². The highest BCUT2D eigenvalue weighted by atomic mass is 16.6. The third-order valence-electron chi connectivity index (χ3n) is 2.58. The summed E-state index contributed by atoms with van der Waals surface area (Å²) in [5.74, 6) is -3.37. The SMILES string of the molecule is CCOC(=O)c1cc(OC(C)=O)c(C(=O)OCC)cc1OC(C)=O. The van der Waals surface area contributed by atoms with Crippen LogP contribution < -0.4 is 9.47 Å². The van der Waals surface area contributed by atoms with Gasteiger partial charge in [0, 0.05) is 26.0 Å². The Morgan fingerprint density at radius 1 is 0.750 bits per heavy atom. The Kier molecular flexibility index (Phi) is 6.91. The number of carbonyl (C=O) groups is 4. The molecular formula is C16H18O8. The van der Waals surface area contributed by atoms with Gasteiger partial charge in [-0.15, -0.1) is 0 Å². The summed E-state index contributed by atoms with van der Waals surface area (Å²) < 4.78 is 19.6. The summed E-state index contributed by atoms with van der Waals surface area (Å²) in [7, 11) is 0.